The summed E-state index contributed by atoms with van der Waals surface area (Å²) in [5.41, 5.74) is 0.560. The maximum absolute atomic E-state index is 12.1. The van der Waals surface area contributed by atoms with Crippen molar-refractivity contribution in [1.82, 2.24) is 4.72 Å². The molecule has 0 saturated carbocycles. The van der Waals surface area contributed by atoms with Gasteiger partial charge in [0.05, 0.1) is 17.2 Å². The van der Waals surface area contributed by atoms with Crippen LogP contribution in [-0.2, 0) is 14.8 Å². The Bertz CT molecular complexity index is 823. The van der Waals surface area contributed by atoms with Gasteiger partial charge in [0.2, 0.25) is 15.9 Å². The number of amides is 1. The van der Waals surface area contributed by atoms with Crippen LogP contribution >= 0.6 is 15.9 Å². The van der Waals surface area contributed by atoms with Gasteiger partial charge in [-0.3, -0.25) is 4.79 Å². The third kappa shape index (κ3) is 5.84. The Labute approximate surface area is 155 Å². The van der Waals surface area contributed by atoms with Crippen LogP contribution in [-0.4, -0.2) is 27.5 Å². The zero-order valence-electron chi connectivity index (χ0n) is 13.7. The number of para-hydroxylation sites is 2. The van der Waals surface area contributed by atoms with Crippen LogP contribution in [0, 0.1) is 0 Å². The van der Waals surface area contributed by atoms with Gasteiger partial charge in [-0.05, 0) is 43.3 Å². The summed E-state index contributed by atoms with van der Waals surface area (Å²) >= 11 is 3.25. The maximum Gasteiger partial charge on any atom is 0.240 e. The monoisotopic (exact) mass is 426 g/mol. The fraction of sp³-hybridized carbons (Fsp3) is 0.235. The lowest BCUT2D eigenvalue weighted by Gasteiger charge is -2.11. The average Bonchev–Trinajstić information content (AvgIpc) is 2.57. The van der Waals surface area contributed by atoms with Crippen LogP contribution in [0.25, 0.3) is 0 Å². The van der Waals surface area contributed by atoms with Crippen molar-refractivity contribution in [1.29, 1.82) is 0 Å². The van der Waals surface area contributed by atoms with Crippen molar-refractivity contribution in [3.63, 3.8) is 0 Å². The largest absolute Gasteiger partial charge is 0.492 e. The lowest BCUT2D eigenvalue weighted by molar-refractivity contribution is -0.116. The van der Waals surface area contributed by atoms with Gasteiger partial charge >= 0.3 is 0 Å². The molecule has 0 aliphatic heterocycles. The van der Waals surface area contributed by atoms with Gasteiger partial charge in [0.1, 0.15) is 5.75 Å². The van der Waals surface area contributed by atoms with Crippen molar-refractivity contribution in [3.05, 3.63) is 53.0 Å². The molecule has 8 heteroatoms. The number of carbonyl (C=O) groups is 1. The molecular weight excluding hydrogens is 408 g/mol. The van der Waals surface area contributed by atoms with Gasteiger partial charge in [0, 0.05) is 17.4 Å². The molecule has 0 aliphatic rings. The van der Waals surface area contributed by atoms with E-state index in [1.165, 1.54) is 12.1 Å². The van der Waals surface area contributed by atoms with Crippen molar-refractivity contribution >= 4 is 37.5 Å². The zero-order valence-corrected chi connectivity index (χ0v) is 16.1. The van der Waals surface area contributed by atoms with Gasteiger partial charge in [0.25, 0.3) is 0 Å². The van der Waals surface area contributed by atoms with E-state index in [1.54, 1.807) is 30.3 Å². The van der Waals surface area contributed by atoms with Crippen molar-refractivity contribution in [2.45, 2.75) is 18.2 Å². The first kappa shape index (κ1) is 19.4. The van der Waals surface area contributed by atoms with Crippen LogP contribution in [0.5, 0.6) is 5.75 Å². The number of hydrogen-bond acceptors (Lipinski definition) is 4. The topological polar surface area (TPSA) is 84.5 Å². The molecule has 0 saturated heterocycles. The number of nitrogens with one attached hydrogen (secondary N) is 2. The molecule has 0 unspecified atom stereocenters. The number of carbonyl (C=O) groups excluding carboxylic acids is 1. The van der Waals surface area contributed by atoms with E-state index in [9.17, 15) is 13.2 Å². The molecule has 1 amide bonds. The molecule has 0 spiro atoms. The van der Waals surface area contributed by atoms with Gasteiger partial charge in [-0.25, -0.2) is 13.1 Å². The Morgan fingerprint density at radius 1 is 1.12 bits per heavy atom. The minimum Gasteiger partial charge on any atom is -0.492 e. The Morgan fingerprint density at radius 3 is 2.48 bits per heavy atom. The predicted molar refractivity (Wildman–Crippen MR) is 100 cm³/mol. The first-order chi connectivity index (χ1) is 11.9. The van der Waals surface area contributed by atoms with Gasteiger partial charge in [0.15, 0.2) is 0 Å². The fourth-order valence-corrected chi connectivity index (χ4v) is 3.36. The van der Waals surface area contributed by atoms with Crippen LogP contribution < -0.4 is 14.8 Å². The Hall–Kier alpha value is -1.90. The summed E-state index contributed by atoms with van der Waals surface area (Å²) in [5.74, 6) is 0.277. The van der Waals surface area contributed by atoms with E-state index >= 15 is 0 Å². The molecule has 2 N–H and O–H groups in total. The van der Waals surface area contributed by atoms with E-state index in [-0.39, 0.29) is 23.8 Å². The summed E-state index contributed by atoms with van der Waals surface area (Å²) < 4.78 is 32.9. The molecule has 0 aromatic heterocycles. The van der Waals surface area contributed by atoms with Crippen LogP contribution in [0.15, 0.2) is 57.9 Å². The van der Waals surface area contributed by atoms with E-state index in [1.807, 2.05) is 13.0 Å². The van der Waals surface area contributed by atoms with Crippen LogP contribution in [0.3, 0.4) is 0 Å². The molecule has 0 atom stereocenters. The SMILES string of the molecule is CCOc1ccccc1NC(=O)CCNS(=O)(=O)c1ccc(Br)cc1. The Morgan fingerprint density at radius 2 is 1.80 bits per heavy atom. The number of rotatable bonds is 8. The van der Waals surface area contributed by atoms with E-state index < -0.39 is 10.0 Å². The first-order valence-corrected chi connectivity index (χ1v) is 9.97. The smallest absolute Gasteiger partial charge is 0.240 e. The number of halogens is 1. The molecule has 2 aromatic rings. The minimum absolute atomic E-state index is 0.00102. The summed E-state index contributed by atoms with van der Waals surface area (Å²) in [6.45, 7) is 2.34. The molecule has 0 fully saturated rings. The summed E-state index contributed by atoms with van der Waals surface area (Å²) in [7, 11) is -3.64. The van der Waals surface area contributed by atoms with Crippen LogP contribution in [0.4, 0.5) is 5.69 Å². The fourth-order valence-electron chi connectivity index (χ4n) is 2.06. The highest BCUT2D eigenvalue weighted by Crippen LogP contribution is 2.23. The minimum atomic E-state index is -3.64. The quantitative estimate of drug-likeness (QED) is 0.678. The summed E-state index contributed by atoms with van der Waals surface area (Å²) in [4.78, 5) is 12.2. The first-order valence-electron chi connectivity index (χ1n) is 7.69. The molecule has 0 heterocycles. The third-order valence-electron chi connectivity index (χ3n) is 3.23. The third-order valence-corrected chi connectivity index (χ3v) is 5.23. The highest BCUT2D eigenvalue weighted by atomic mass is 79.9. The van der Waals surface area contributed by atoms with Crippen molar-refractivity contribution in [2.24, 2.45) is 0 Å². The number of anilines is 1. The standard InChI is InChI=1S/C17H19BrN2O4S/c1-2-24-16-6-4-3-5-15(16)20-17(21)11-12-19-25(22,23)14-9-7-13(18)8-10-14/h3-10,19H,2,11-12H2,1H3,(H,20,21). The second kappa shape index (κ2) is 8.98. The average molecular weight is 427 g/mol. The molecule has 0 bridgehead atoms. The van der Waals surface area contributed by atoms with E-state index in [0.717, 1.165) is 4.47 Å². The van der Waals surface area contributed by atoms with Gasteiger partial charge in [-0.2, -0.15) is 0 Å². The summed E-state index contributed by atoms with van der Waals surface area (Å²) in [6, 6.07) is 13.4. The second-order valence-corrected chi connectivity index (χ2v) is 7.76. The molecule has 2 aromatic carbocycles. The number of benzene rings is 2. The van der Waals surface area contributed by atoms with Crippen molar-refractivity contribution in [2.75, 3.05) is 18.5 Å². The van der Waals surface area contributed by atoms with Gasteiger partial charge in [-0.1, -0.05) is 28.1 Å². The second-order valence-electron chi connectivity index (χ2n) is 5.08. The lowest BCUT2D eigenvalue weighted by Crippen LogP contribution is -2.27. The van der Waals surface area contributed by atoms with E-state index in [2.05, 4.69) is 26.0 Å². The van der Waals surface area contributed by atoms with Crippen LogP contribution in [0.1, 0.15) is 13.3 Å². The molecule has 134 valence electrons. The molecule has 2 rings (SSSR count). The van der Waals surface area contributed by atoms with Crippen molar-refractivity contribution in [3.8, 4) is 5.75 Å². The molecule has 0 aliphatic carbocycles. The number of sulfonamides is 1. The zero-order chi connectivity index (χ0) is 18.3. The molecule has 6 nitrogen and oxygen atoms in total. The van der Waals surface area contributed by atoms with E-state index in [4.69, 9.17) is 4.74 Å². The molecule has 25 heavy (non-hydrogen) atoms. The van der Waals surface area contributed by atoms with Gasteiger partial charge < -0.3 is 10.1 Å². The highest BCUT2D eigenvalue weighted by molar-refractivity contribution is 9.10. The lowest BCUT2D eigenvalue weighted by atomic mass is 10.3. The maximum atomic E-state index is 12.1. The Balaban J connectivity index is 1.89. The molecule has 0 radical (unpaired) electrons. The predicted octanol–water partition coefficient (Wildman–Crippen LogP) is 3.15. The Kier molecular flexibility index (Phi) is 6.98. The van der Waals surface area contributed by atoms with Crippen molar-refractivity contribution < 1.29 is 17.9 Å². The summed E-state index contributed by atoms with van der Waals surface area (Å²) in [5, 5.41) is 2.72. The number of hydrogen-bond donors (Lipinski definition) is 2. The normalized spacial score (nSPS) is 11.1. The van der Waals surface area contributed by atoms with Crippen LogP contribution in [0.2, 0.25) is 0 Å². The summed E-state index contributed by atoms with van der Waals surface area (Å²) in [6.07, 6.45) is 0.0101. The van der Waals surface area contributed by atoms with Gasteiger partial charge in [-0.15, -0.1) is 0 Å². The highest BCUT2D eigenvalue weighted by Gasteiger charge is 2.14. The number of ether oxygens (including phenoxy) is 1. The molecular formula is C17H19BrN2O4S. The van der Waals surface area contributed by atoms with E-state index in [0.29, 0.717) is 18.0 Å².